The summed E-state index contributed by atoms with van der Waals surface area (Å²) in [6.07, 6.45) is 0. The summed E-state index contributed by atoms with van der Waals surface area (Å²) >= 11 is 8.82. The van der Waals surface area contributed by atoms with Crippen molar-refractivity contribution in [1.29, 1.82) is 0 Å². The fraction of sp³-hybridized carbons (Fsp3) is 0.412. The molecule has 4 nitrogen and oxygen atoms in total. The monoisotopic (exact) mass is 394 g/mol. The minimum Gasteiger partial charge on any atom is -0.362 e. The van der Waals surface area contributed by atoms with Gasteiger partial charge >= 0.3 is 0 Å². The zero-order valence-electron chi connectivity index (χ0n) is 14.0. The van der Waals surface area contributed by atoms with Crippen LogP contribution in [0.15, 0.2) is 28.7 Å². The molecular weight excluding hydrogens is 372 g/mol. The first kappa shape index (κ1) is 17.9. The Bertz CT molecular complexity index is 677. The van der Waals surface area contributed by atoms with Gasteiger partial charge in [-0.05, 0) is 49.7 Å². The van der Waals surface area contributed by atoms with E-state index in [1.54, 1.807) is 0 Å². The maximum absolute atomic E-state index is 5.36. The van der Waals surface area contributed by atoms with Gasteiger partial charge in [0.15, 0.2) is 5.11 Å². The number of hydrogen-bond acceptors (Lipinski definition) is 2. The van der Waals surface area contributed by atoms with E-state index < -0.39 is 0 Å². The van der Waals surface area contributed by atoms with Crippen molar-refractivity contribution in [2.45, 2.75) is 34.2 Å². The van der Waals surface area contributed by atoms with Crippen LogP contribution in [0.4, 0.5) is 5.69 Å². The molecule has 2 aromatic rings. The number of benzene rings is 1. The molecule has 1 aromatic heterocycles. The molecule has 2 N–H and O–H groups in total. The number of halogens is 1. The fourth-order valence-electron chi connectivity index (χ4n) is 2.25. The van der Waals surface area contributed by atoms with Crippen molar-refractivity contribution >= 4 is 38.9 Å². The molecule has 0 amide bonds. The molecule has 0 saturated carbocycles. The van der Waals surface area contributed by atoms with Crippen LogP contribution in [-0.4, -0.2) is 21.4 Å². The maximum Gasteiger partial charge on any atom is 0.170 e. The van der Waals surface area contributed by atoms with Gasteiger partial charge in [0.25, 0.3) is 0 Å². The second-order valence-corrected chi connectivity index (χ2v) is 7.38. The third-order valence-corrected chi connectivity index (χ3v) is 4.31. The van der Waals surface area contributed by atoms with Gasteiger partial charge in [0.05, 0.1) is 23.6 Å². The van der Waals surface area contributed by atoms with Crippen molar-refractivity contribution in [3.05, 3.63) is 45.7 Å². The SMILES string of the molecule is Cc1nn(Cc2ccc(Br)cc2)c(C)c1NC(=S)NCC(C)C. The zero-order chi connectivity index (χ0) is 17.0. The molecule has 0 radical (unpaired) electrons. The number of nitrogens with zero attached hydrogens (tertiary/aromatic N) is 2. The summed E-state index contributed by atoms with van der Waals surface area (Å²) in [6, 6.07) is 8.29. The van der Waals surface area contributed by atoms with Crippen molar-refractivity contribution in [2.75, 3.05) is 11.9 Å². The Labute approximate surface area is 151 Å². The minimum absolute atomic E-state index is 0.553. The third-order valence-electron chi connectivity index (χ3n) is 3.54. The van der Waals surface area contributed by atoms with Crippen molar-refractivity contribution in [1.82, 2.24) is 15.1 Å². The summed E-state index contributed by atoms with van der Waals surface area (Å²) in [5.41, 5.74) is 4.24. The van der Waals surface area contributed by atoms with Crippen LogP contribution in [0.2, 0.25) is 0 Å². The number of hydrogen-bond donors (Lipinski definition) is 2. The predicted molar refractivity (Wildman–Crippen MR) is 104 cm³/mol. The Balaban J connectivity index is 2.09. The van der Waals surface area contributed by atoms with Crippen molar-refractivity contribution in [3.63, 3.8) is 0 Å². The first-order valence-corrected chi connectivity index (χ1v) is 8.90. The molecular formula is C17H23BrN4S. The van der Waals surface area contributed by atoms with Crippen LogP contribution in [0, 0.1) is 19.8 Å². The molecule has 0 unspecified atom stereocenters. The van der Waals surface area contributed by atoms with Gasteiger partial charge in [-0.2, -0.15) is 5.10 Å². The Hall–Kier alpha value is -1.40. The van der Waals surface area contributed by atoms with E-state index in [-0.39, 0.29) is 0 Å². The molecule has 23 heavy (non-hydrogen) atoms. The van der Waals surface area contributed by atoms with Gasteiger partial charge in [0.1, 0.15) is 0 Å². The van der Waals surface area contributed by atoms with Crippen LogP contribution < -0.4 is 10.6 Å². The van der Waals surface area contributed by atoms with E-state index in [0.717, 1.165) is 34.6 Å². The highest BCUT2D eigenvalue weighted by molar-refractivity contribution is 9.10. The predicted octanol–water partition coefficient (Wildman–Crippen LogP) is 4.25. The molecule has 0 bridgehead atoms. The second kappa shape index (κ2) is 7.93. The summed E-state index contributed by atoms with van der Waals surface area (Å²) in [5, 5.41) is 11.8. The van der Waals surface area contributed by atoms with E-state index in [1.165, 1.54) is 5.56 Å². The molecule has 124 valence electrons. The summed E-state index contributed by atoms with van der Waals surface area (Å²) in [4.78, 5) is 0. The maximum atomic E-state index is 5.36. The summed E-state index contributed by atoms with van der Waals surface area (Å²) < 4.78 is 3.09. The number of thiocarbonyl (C=S) groups is 1. The fourth-order valence-corrected chi connectivity index (χ4v) is 2.70. The molecule has 1 aromatic carbocycles. The zero-order valence-corrected chi connectivity index (χ0v) is 16.4. The molecule has 0 atom stereocenters. The lowest BCUT2D eigenvalue weighted by molar-refractivity contribution is 0.627. The van der Waals surface area contributed by atoms with E-state index >= 15 is 0 Å². The van der Waals surface area contributed by atoms with Crippen LogP contribution in [0.1, 0.15) is 30.8 Å². The average Bonchev–Trinajstić information content (AvgIpc) is 2.75. The van der Waals surface area contributed by atoms with Gasteiger partial charge in [0.2, 0.25) is 0 Å². The molecule has 0 fully saturated rings. The molecule has 0 spiro atoms. The Morgan fingerprint density at radius 3 is 2.52 bits per heavy atom. The normalized spacial score (nSPS) is 10.9. The Morgan fingerprint density at radius 1 is 1.26 bits per heavy atom. The smallest absolute Gasteiger partial charge is 0.170 e. The van der Waals surface area contributed by atoms with Gasteiger partial charge in [-0.1, -0.05) is 41.9 Å². The Morgan fingerprint density at radius 2 is 1.91 bits per heavy atom. The van der Waals surface area contributed by atoms with Crippen LogP contribution in [0.3, 0.4) is 0 Å². The van der Waals surface area contributed by atoms with Gasteiger partial charge in [-0.15, -0.1) is 0 Å². The van der Waals surface area contributed by atoms with Crippen molar-refractivity contribution in [2.24, 2.45) is 5.92 Å². The number of nitrogens with one attached hydrogen (secondary N) is 2. The number of anilines is 1. The highest BCUT2D eigenvalue weighted by Crippen LogP contribution is 2.21. The molecule has 0 aliphatic carbocycles. The van der Waals surface area contributed by atoms with E-state index in [0.29, 0.717) is 11.0 Å². The van der Waals surface area contributed by atoms with Crippen LogP contribution >= 0.6 is 28.1 Å². The van der Waals surface area contributed by atoms with Crippen LogP contribution in [0.5, 0.6) is 0 Å². The second-order valence-electron chi connectivity index (χ2n) is 6.06. The highest BCUT2D eigenvalue weighted by atomic mass is 79.9. The topological polar surface area (TPSA) is 41.9 Å². The van der Waals surface area contributed by atoms with Crippen LogP contribution in [-0.2, 0) is 6.54 Å². The lowest BCUT2D eigenvalue weighted by atomic mass is 10.2. The summed E-state index contributed by atoms with van der Waals surface area (Å²) in [5.74, 6) is 0.553. The molecule has 0 aliphatic rings. The highest BCUT2D eigenvalue weighted by Gasteiger charge is 2.13. The first-order chi connectivity index (χ1) is 10.9. The number of aryl methyl sites for hydroxylation is 1. The van der Waals surface area contributed by atoms with Gasteiger partial charge < -0.3 is 10.6 Å². The lowest BCUT2D eigenvalue weighted by Gasteiger charge is -2.12. The van der Waals surface area contributed by atoms with Crippen molar-refractivity contribution < 1.29 is 0 Å². The quantitative estimate of drug-likeness (QED) is 0.743. The van der Waals surface area contributed by atoms with E-state index in [2.05, 4.69) is 64.6 Å². The Kier molecular flexibility index (Phi) is 6.18. The van der Waals surface area contributed by atoms with Gasteiger partial charge in [-0.25, -0.2) is 0 Å². The molecule has 6 heteroatoms. The number of aromatic nitrogens is 2. The molecule has 1 heterocycles. The first-order valence-electron chi connectivity index (χ1n) is 7.70. The van der Waals surface area contributed by atoms with E-state index in [4.69, 9.17) is 12.2 Å². The van der Waals surface area contributed by atoms with Crippen LogP contribution in [0.25, 0.3) is 0 Å². The molecule has 0 saturated heterocycles. The van der Waals surface area contributed by atoms with Gasteiger partial charge in [-0.3, -0.25) is 4.68 Å². The molecule has 0 aliphatic heterocycles. The van der Waals surface area contributed by atoms with Gasteiger partial charge in [0, 0.05) is 11.0 Å². The average molecular weight is 395 g/mol. The van der Waals surface area contributed by atoms with E-state index in [1.807, 2.05) is 23.7 Å². The standard InChI is InChI=1S/C17H23BrN4S/c1-11(2)9-19-17(23)20-16-12(3)21-22(13(16)4)10-14-5-7-15(18)8-6-14/h5-8,11H,9-10H2,1-4H3,(H2,19,20,23). The van der Waals surface area contributed by atoms with Crippen molar-refractivity contribution in [3.8, 4) is 0 Å². The minimum atomic E-state index is 0.553. The lowest BCUT2D eigenvalue weighted by Crippen LogP contribution is -2.31. The summed E-state index contributed by atoms with van der Waals surface area (Å²) in [6.45, 7) is 9.97. The summed E-state index contributed by atoms with van der Waals surface area (Å²) in [7, 11) is 0. The van der Waals surface area contributed by atoms with E-state index in [9.17, 15) is 0 Å². The molecule has 2 rings (SSSR count). The number of rotatable bonds is 5. The largest absolute Gasteiger partial charge is 0.362 e. The third kappa shape index (κ3) is 5.04.